The largest absolute Gasteiger partial charge is 0.484 e. The van der Waals surface area contributed by atoms with E-state index in [1.165, 1.54) is 12.1 Å². The summed E-state index contributed by atoms with van der Waals surface area (Å²) in [6.45, 7) is 8.77. The highest BCUT2D eigenvalue weighted by atomic mass is 35.5. The van der Waals surface area contributed by atoms with Gasteiger partial charge in [-0.05, 0) is 87.2 Å². The van der Waals surface area contributed by atoms with E-state index in [4.69, 9.17) is 16.3 Å². The van der Waals surface area contributed by atoms with Crippen molar-refractivity contribution in [2.75, 3.05) is 10.9 Å². The fourth-order valence-electron chi connectivity index (χ4n) is 3.36. The van der Waals surface area contributed by atoms with Crippen molar-refractivity contribution in [3.05, 3.63) is 87.4 Å². The van der Waals surface area contributed by atoms with Crippen LogP contribution in [-0.4, -0.2) is 20.9 Å². The average molecular weight is 472 g/mol. The highest BCUT2D eigenvalue weighted by molar-refractivity contribution is 7.93. The molecule has 0 unspecified atom stereocenters. The molecule has 0 N–H and O–H groups in total. The zero-order chi connectivity index (χ0) is 23.6. The monoisotopic (exact) mass is 471 g/mol. The summed E-state index contributed by atoms with van der Waals surface area (Å²) in [4.78, 5) is 13.3. The zero-order valence-electron chi connectivity index (χ0n) is 18.8. The lowest BCUT2D eigenvalue weighted by molar-refractivity contribution is -0.119. The molecule has 1 amide bonds. The molecule has 0 saturated heterocycles. The third-order valence-electron chi connectivity index (χ3n) is 5.35. The predicted molar refractivity (Wildman–Crippen MR) is 128 cm³/mol. The molecular formula is C25H26ClNO4S. The average Bonchev–Trinajstić information content (AvgIpc) is 2.73. The van der Waals surface area contributed by atoms with Crippen LogP contribution in [0.15, 0.2) is 59.5 Å². The minimum absolute atomic E-state index is 0.0375. The molecule has 0 saturated carbocycles. The summed E-state index contributed by atoms with van der Waals surface area (Å²) in [5.74, 6) is -0.240. The highest BCUT2D eigenvalue weighted by Crippen LogP contribution is 2.30. The molecule has 3 rings (SSSR count). The Balaban J connectivity index is 2.01. The Morgan fingerprint density at radius 2 is 1.50 bits per heavy atom. The van der Waals surface area contributed by atoms with Crippen LogP contribution in [0, 0.1) is 34.6 Å². The number of carbonyl (C=O) groups is 1. The molecule has 3 aromatic rings. The van der Waals surface area contributed by atoms with Crippen molar-refractivity contribution >= 4 is 33.2 Å². The quantitative estimate of drug-likeness (QED) is 0.463. The molecule has 0 spiro atoms. The van der Waals surface area contributed by atoms with Crippen LogP contribution in [0.4, 0.5) is 5.69 Å². The van der Waals surface area contributed by atoms with E-state index in [9.17, 15) is 13.2 Å². The van der Waals surface area contributed by atoms with Crippen molar-refractivity contribution in [1.82, 2.24) is 0 Å². The van der Waals surface area contributed by atoms with Crippen molar-refractivity contribution in [2.24, 2.45) is 0 Å². The van der Waals surface area contributed by atoms with Gasteiger partial charge >= 0.3 is 0 Å². The number of rotatable bonds is 6. The van der Waals surface area contributed by atoms with Gasteiger partial charge in [-0.15, -0.1) is 0 Å². The van der Waals surface area contributed by atoms with Crippen molar-refractivity contribution in [3.8, 4) is 5.75 Å². The molecule has 3 aromatic carbocycles. The summed E-state index contributed by atoms with van der Waals surface area (Å²) in [5.41, 5.74) is 4.44. The SMILES string of the molecule is Cc1ccc(S(=O)(=O)N(C(=O)COc2cc(C)c(Cl)c(C)c2)c2cccc(C)c2C)cc1. The number of hydrogen-bond acceptors (Lipinski definition) is 4. The molecule has 0 heterocycles. The van der Waals surface area contributed by atoms with Gasteiger partial charge in [-0.2, -0.15) is 4.31 Å². The number of benzene rings is 3. The summed E-state index contributed by atoms with van der Waals surface area (Å²) in [6.07, 6.45) is 0. The topological polar surface area (TPSA) is 63.7 Å². The summed E-state index contributed by atoms with van der Waals surface area (Å²) in [5, 5.41) is 0.627. The van der Waals surface area contributed by atoms with E-state index in [0.29, 0.717) is 22.0 Å². The van der Waals surface area contributed by atoms with Crippen molar-refractivity contribution in [2.45, 2.75) is 39.5 Å². The number of sulfonamides is 1. The Morgan fingerprint density at radius 3 is 2.09 bits per heavy atom. The lowest BCUT2D eigenvalue weighted by Gasteiger charge is -2.25. The molecule has 5 nitrogen and oxygen atoms in total. The Bertz CT molecular complexity index is 1240. The summed E-state index contributed by atoms with van der Waals surface area (Å²) >= 11 is 6.20. The lowest BCUT2D eigenvalue weighted by atomic mass is 10.1. The van der Waals surface area contributed by atoms with Crippen LogP contribution in [0.2, 0.25) is 5.02 Å². The normalized spacial score (nSPS) is 11.3. The summed E-state index contributed by atoms with van der Waals surface area (Å²) in [6, 6.07) is 15.1. The Labute approximate surface area is 194 Å². The van der Waals surface area contributed by atoms with Gasteiger partial charge in [0.15, 0.2) is 6.61 Å². The van der Waals surface area contributed by atoms with Crippen LogP contribution < -0.4 is 9.04 Å². The van der Waals surface area contributed by atoms with E-state index >= 15 is 0 Å². The van der Waals surface area contributed by atoms with E-state index in [-0.39, 0.29) is 4.90 Å². The number of aryl methyl sites for hydroxylation is 4. The fraction of sp³-hybridized carbons (Fsp3) is 0.240. The van der Waals surface area contributed by atoms with Crippen molar-refractivity contribution in [3.63, 3.8) is 0 Å². The first-order valence-corrected chi connectivity index (χ1v) is 11.9. The zero-order valence-corrected chi connectivity index (χ0v) is 20.3. The number of carbonyl (C=O) groups excluding carboxylic acids is 1. The first-order chi connectivity index (χ1) is 15.0. The Morgan fingerprint density at radius 1 is 0.906 bits per heavy atom. The lowest BCUT2D eigenvalue weighted by Crippen LogP contribution is -2.40. The predicted octanol–water partition coefficient (Wildman–Crippen LogP) is 5.68. The van der Waals surface area contributed by atoms with Gasteiger partial charge in [0.25, 0.3) is 15.9 Å². The van der Waals surface area contributed by atoms with Crippen LogP contribution in [0.1, 0.15) is 27.8 Å². The van der Waals surface area contributed by atoms with Gasteiger partial charge in [0.2, 0.25) is 0 Å². The third-order valence-corrected chi connectivity index (χ3v) is 7.70. The maximum absolute atomic E-state index is 13.5. The molecule has 0 aliphatic rings. The first-order valence-electron chi connectivity index (χ1n) is 10.1. The minimum atomic E-state index is -4.15. The molecule has 32 heavy (non-hydrogen) atoms. The van der Waals surface area contributed by atoms with E-state index in [1.54, 1.807) is 43.3 Å². The fourth-order valence-corrected chi connectivity index (χ4v) is 4.94. The van der Waals surface area contributed by atoms with E-state index in [0.717, 1.165) is 26.6 Å². The summed E-state index contributed by atoms with van der Waals surface area (Å²) in [7, 11) is -4.15. The molecular weight excluding hydrogens is 446 g/mol. The number of hydrogen-bond donors (Lipinski definition) is 0. The number of anilines is 1. The van der Waals surface area contributed by atoms with E-state index in [1.807, 2.05) is 33.8 Å². The second kappa shape index (κ2) is 9.35. The van der Waals surface area contributed by atoms with Gasteiger partial charge in [-0.3, -0.25) is 4.79 Å². The van der Waals surface area contributed by atoms with Crippen LogP contribution in [0.25, 0.3) is 0 Å². The van der Waals surface area contributed by atoms with Crippen LogP contribution >= 0.6 is 11.6 Å². The molecule has 0 aromatic heterocycles. The number of amides is 1. The second-order valence-electron chi connectivity index (χ2n) is 7.85. The molecule has 0 aliphatic heterocycles. The van der Waals surface area contributed by atoms with Gasteiger partial charge in [0, 0.05) is 5.02 Å². The molecule has 168 valence electrons. The first kappa shape index (κ1) is 23.8. The third kappa shape index (κ3) is 4.81. The number of ether oxygens (including phenoxy) is 1. The van der Waals surface area contributed by atoms with Crippen LogP contribution in [-0.2, 0) is 14.8 Å². The van der Waals surface area contributed by atoms with Gasteiger partial charge < -0.3 is 4.74 Å². The standard InChI is InChI=1S/C25H26ClNO4S/c1-16-9-11-22(12-10-16)32(29,30)27(23-8-6-7-17(2)20(23)5)24(28)15-31-21-13-18(3)25(26)19(4)14-21/h6-14H,15H2,1-5H3. The second-order valence-corrected chi connectivity index (χ2v) is 10.0. The van der Waals surface area contributed by atoms with Gasteiger partial charge in [-0.25, -0.2) is 8.42 Å². The molecule has 7 heteroatoms. The van der Waals surface area contributed by atoms with Crippen LogP contribution in [0.3, 0.4) is 0 Å². The highest BCUT2D eigenvalue weighted by Gasteiger charge is 2.32. The minimum Gasteiger partial charge on any atom is -0.484 e. The molecule has 0 atom stereocenters. The maximum atomic E-state index is 13.5. The Hall–Kier alpha value is -2.83. The van der Waals surface area contributed by atoms with Crippen LogP contribution in [0.5, 0.6) is 5.75 Å². The van der Waals surface area contributed by atoms with Gasteiger partial charge in [0.05, 0.1) is 10.6 Å². The van der Waals surface area contributed by atoms with Crippen molar-refractivity contribution in [1.29, 1.82) is 0 Å². The smallest absolute Gasteiger partial charge is 0.278 e. The molecule has 0 aliphatic carbocycles. The van der Waals surface area contributed by atoms with E-state index < -0.39 is 22.5 Å². The number of nitrogens with zero attached hydrogens (tertiary/aromatic N) is 1. The molecule has 0 bridgehead atoms. The Kier molecular flexibility index (Phi) is 6.96. The summed E-state index contributed by atoms with van der Waals surface area (Å²) < 4.78 is 33.6. The van der Waals surface area contributed by atoms with Crippen molar-refractivity contribution < 1.29 is 17.9 Å². The van der Waals surface area contributed by atoms with Gasteiger partial charge in [0.1, 0.15) is 5.75 Å². The number of halogens is 1. The molecule has 0 fully saturated rings. The van der Waals surface area contributed by atoms with Gasteiger partial charge in [-0.1, -0.05) is 41.4 Å². The van der Waals surface area contributed by atoms with E-state index in [2.05, 4.69) is 0 Å². The maximum Gasteiger partial charge on any atom is 0.278 e. The molecule has 0 radical (unpaired) electrons.